The monoisotopic (exact) mass is 242 g/mol. The smallest absolute Gasteiger partial charge is 0.310 e. The molecular weight excluding hydrogens is 224 g/mol. The number of piperidine rings is 1. The van der Waals surface area contributed by atoms with E-state index in [0.717, 1.165) is 25.9 Å². The zero-order valence-electron chi connectivity index (χ0n) is 9.19. The van der Waals surface area contributed by atoms with E-state index >= 15 is 0 Å². The van der Waals surface area contributed by atoms with Gasteiger partial charge in [0.2, 0.25) is 0 Å². The van der Waals surface area contributed by atoms with Crippen LogP contribution >= 0.6 is 0 Å². The minimum atomic E-state index is -3.91. The summed E-state index contributed by atoms with van der Waals surface area (Å²) in [4.78, 5) is 2.16. The second-order valence-corrected chi connectivity index (χ2v) is 4.14. The van der Waals surface area contributed by atoms with E-state index in [9.17, 15) is 17.6 Å². The van der Waals surface area contributed by atoms with E-state index < -0.39 is 18.9 Å². The molecule has 0 saturated carbocycles. The van der Waals surface area contributed by atoms with Crippen LogP contribution in [0.25, 0.3) is 0 Å². The van der Waals surface area contributed by atoms with Crippen LogP contribution in [0.4, 0.5) is 17.6 Å². The lowest BCUT2D eigenvalue weighted by Crippen LogP contribution is -2.42. The zero-order chi connectivity index (χ0) is 12.0. The maximum Gasteiger partial charge on any atom is 0.319 e. The maximum atomic E-state index is 12.5. The van der Waals surface area contributed by atoms with E-state index in [1.807, 2.05) is 0 Å². The molecule has 1 saturated heterocycles. The third-order valence-electron chi connectivity index (χ3n) is 2.73. The average Bonchev–Trinajstić information content (AvgIpc) is 2.26. The zero-order valence-corrected chi connectivity index (χ0v) is 9.19. The predicted octanol–water partition coefficient (Wildman–Crippen LogP) is 1.96. The van der Waals surface area contributed by atoms with Gasteiger partial charge in [0.15, 0.2) is 0 Å². The number of hydrogen-bond donors (Lipinski definition) is 1. The average molecular weight is 242 g/mol. The van der Waals surface area contributed by atoms with Gasteiger partial charge in [-0.1, -0.05) is 6.42 Å². The molecule has 0 aromatic rings. The first-order chi connectivity index (χ1) is 7.52. The Labute approximate surface area is 93.0 Å². The Morgan fingerprint density at radius 2 is 1.75 bits per heavy atom. The minimum Gasteiger partial charge on any atom is -0.310 e. The maximum absolute atomic E-state index is 12.5. The van der Waals surface area contributed by atoms with Gasteiger partial charge in [-0.3, -0.25) is 0 Å². The Bertz CT molecular complexity index is 193. The summed E-state index contributed by atoms with van der Waals surface area (Å²) in [7, 11) is 0. The fourth-order valence-electron chi connectivity index (χ4n) is 1.75. The van der Waals surface area contributed by atoms with E-state index in [4.69, 9.17) is 0 Å². The highest BCUT2D eigenvalue weighted by atomic mass is 19.3. The summed E-state index contributed by atoms with van der Waals surface area (Å²) in [6, 6.07) is 0. The number of hydrogen-bond acceptors (Lipinski definition) is 2. The van der Waals surface area contributed by atoms with Crippen molar-refractivity contribution in [1.29, 1.82) is 0 Å². The molecule has 1 aliphatic rings. The van der Waals surface area contributed by atoms with Crippen molar-refractivity contribution in [3.05, 3.63) is 0 Å². The molecule has 0 atom stereocenters. The van der Waals surface area contributed by atoms with Crippen LogP contribution in [-0.2, 0) is 0 Å². The highest BCUT2D eigenvalue weighted by Gasteiger charge is 2.39. The number of nitrogens with one attached hydrogen (secondary N) is 1. The van der Waals surface area contributed by atoms with Crippen molar-refractivity contribution in [1.82, 2.24) is 10.2 Å². The molecule has 0 radical (unpaired) electrons. The lowest BCUT2D eigenvalue weighted by atomic mass is 10.1. The van der Waals surface area contributed by atoms with Gasteiger partial charge in [-0.05, 0) is 25.9 Å². The highest BCUT2D eigenvalue weighted by molar-refractivity contribution is 4.73. The van der Waals surface area contributed by atoms with Gasteiger partial charge in [-0.2, -0.15) is 8.78 Å². The largest absolute Gasteiger partial charge is 0.319 e. The van der Waals surface area contributed by atoms with Gasteiger partial charge < -0.3 is 10.2 Å². The number of likely N-dealkylation sites (tertiary alicyclic amines) is 1. The summed E-state index contributed by atoms with van der Waals surface area (Å²) in [5.41, 5.74) is 0. The summed E-state index contributed by atoms with van der Waals surface area (Å²) >= 11 is 0. The molecule has 1 N–H and O–H groups in total. The number of halogens is 4. The lowest BCUT2D eigenvalue weighted by molar-refractivity contribution is -0.125. The van der Waals surface area contributed by atoms with Crippen LogP contribution in [0.2, 0.25) is 0 Å². The summed E-state index contributed by atoms with van der Waals surface area (Å²) < 4.78 is 48.6. The highest BCUT2D eigenvalue weighted by Crippen LogP contribution is 2.21. The first kappa shape index (κ1) is 13.7. The van der Waals surface area contributed by atoms with Gasteiger partial charge >= 0.3 is 12.3 Å². The van der Waals surface area contributed by atoms with Crippen molar-refractivity contribution in [2.75, 3.05) is 32.7 Å². The summed E-state index contributed by atoms with van der Waals surface area (Å²) in [5.74, 6) is -3.91. The van der Waals surface area contributed by atoms with Crippen LogP contribution in [0.1, 0.15) is 19.3 Å². The Morgan fingerprint density at radius 1 is 1.12 bits per heavy atom. The third kappa shape index (κ3) is 4.65. The summed E-state index contributed by atoms with van der Waals surface area (Å²) in [6.45, 7) is 2.00. The molecule has 0 aliphatic carbocycles. The molecule has 0 aromatic carbocycles. The number of nitrogens with zero attached hydrogens (tertiary/aromatic N) is 1. The summed E-state index contributed by atoms with van der Waals surface area (Å²) in [6.07, 6.45) is -0.108. The van der Waals surface area contributed by atoms with E-state index in [1.165, 1.54) is 6.42 Å². The van der Waals surface area contributed by atoms with Crippen LogP contribution in [0.15, 0.2) is 0 Å². The van der Waals surface area contributed by atoms with Crippen LogP contribution < -0.4 is 5.32 Å². The molecule has 1 heterocycles. The van der Waals surface area contributed by atoms with Gasteiger partial charge in [0.05, 0.1) is 6.54 Å². The standard InChI is InChI=1S/C10H18F4N2/c11-9(12)10(13,14)8-15-4-7-16-5-2-1-3-6-16/h9,15H,1-8H2. The van der Waals surface area contributed by atoms with E-state index in [2.05, 4.69) is 10.2 Å². The van der Waals surface area contributed by atoms with Crippen molar-refractivity contribution in [2.45, 2.75) is 31.6 Å². The molecule has 1 fully saturated rings. The fourth-order valence-corrected chi connectivity index (χ4v) is 1.75. The summed E-state index contributed by atoms with van der Waals surface area (Å²) in [5, 5.41) is 2.38. The Hall–Kier alpha value is -0.360. The quantitative estimate of drug-likeness (QED) is 0.566. The van der Waals surface area contributed by atoms with Crippen LogP contribution in [-0.4, -0.2) is 50.0 Å². The lowest BCUT2D eigenvalue weighted by Gasteiger charge is -2.26. The molecule has 1 rings (SSSR count). The third-order valence-corrected chi connectivity index (χ3v) is 2.73. The second kappa shape index (κ2) is 6.39. The first-order valence-electron chi connectivity index (χ1n) is 5.61. The fraction of sp³-hybridized carbons (Fsp3) is 1.00. The van der Waals surface area contributed by atoms with E-state index in [1.54, 1.807) is 0 Å². The first-order valence-corrected chi connectivity index (χ1v) is 5.61. The molecule has 16 heavy (non-hydrogen) atoms. The normalized spacial score (nSPS) is 19.3. The van der Waals surface area contributed by atoms with Gasteiger partial charge in [0, 0.05) is 13.1 Å². The van der Waals surface area contributed by atoms with Crippen molar-refractivity contribution < 1.29 is 17.6 Å². The Balaban J connectivity index is 2.06. The van der Waals surface area contributed by atoms with E-state index in [0.29, 0.717) is 13.1 Å². The van der Waals surface area contributed by atoms with Crippen molar-refractivity contribution in [3.63, 3.8) is 0 Å². The van der Waals surface area contributed by atoms with Crippen LogP contribution in [0, 0.1) is 0 Å². The molecule has 96 valence electrons. The molecule has 0 bridgehead atoms. The SMILES string of the molecule is FC(F)C(F)(F)CNCCN1CCCCC1. The molecule has 2 nitrogen and oxygen atoms in total. The van der Waals surface area contributed by atoms with Crippen LogP contribution in [0.5, 0.6) is 0 Å². The minimum absolute atomic E-state index is 0.336. The molecular formula is C10H18F4N2. The molecule has 1 aliphatic heterocycles. The second-order valence-electron chi connectivity index (χ2n) is 4.14. The number of alkyl halides is 4. The van der Waals surface area contributed by atoms with Gasteiger partial charge in [0.1, 0.15) is 0 Å². The van der Waals surface area contributed by atoms with Gasteiger partial charge in [-0.15, -0.1) is 0 Å². The number of rotatable bonds is 6. The molecule has 6 heteroatoms. The van der Waals surface area contributed by atoms with E-state index in [-0.39, 0.29) is 0 Å². The molecule has 0 spiro atoms. The van der Waals surface area contributed by atoms with Crippen molar-refractivity contribution in [2.24, 2.45) is 0 Å². The Morgan fingerprint density at radius 3 is 2.31 bits per heavy atom. The van der Waals surface area contributed by atoms with Crippen LogP contribution in [0.3, 0.4) is 0 Å². The molecule has 0 amide bonds. The predicted molar refractivity (Wildman–Crippen MR) is 54.1 cm³/mol. The molecule has 0 aromatic heterocycles. The van der Waals surface area contributed by atoms with Gasteiger partial charge in [-0.25, -0.2) is 8.78 Å². The Kier molecular flexibility index (Phi) is 5.48. The van der Waals surface area contributed by atoms with Crippen molar-refractivity contribution >= 4 is 0 Å². The van der Waals surface area contributed by atoms with Gasteiger partial charge in [0.25, 0.3) is 0 Å². The molecule has 0 unspecified atom stereocenters. The topological polar surface area (TPSA) is 15.3 Å². The van der Waals surface area contributed by atoms with Crippen molar-refractivity contribution in [3.8, 4) is 0 Å².